The first-order valence-electron chi connectivity index (χ1n) is 6.79. The van der Waals surface area contributed by atoms with E-state index in [0.29, 0.717) is 19.7 Å². The lowest BCUT2D eigenvalue weighted by atomic mass is 10.2. The van der Waals surface area contributed by atoms with Crippen LogP contribution >= 0.6 is 0 Å². The molecule has 0 radical (unpaired) electrons. The van der Waals surface area contributed by atoms with E-state index in [1.807, 2.05) is 36.4 Å². The summed E-state index contributed by atoms with van der Waals surface area (Å²) in [5.74, 6) is 0.268. The van der Waals surface area contributed by atoms with Crippen LogP contribution in [0.15, 0.2) is 48.5 Å². The summed E-state index contributed by atoms with van der Waals surface area (Å²) in [5.41, 5.74) is 2.51. The minimum atomic E-state index is -0.312. The number of phenolic OH excluding ortho intramolecular Hbond substituents is 1. The van der Waals surface area contributed by atoms with Gasteiger partial charge >= 0.3 is 6.09 Å². The number of carbonyl (C=O) groups excluding carboxylic acids is 1. The first kappa shape index (κ1) is 13.3. The van der Waals surface area contributed by atoms with Gasteiger partial charge in [-0.05, 0) is 24.3 Å². The zero-order valence-electron chi connectivity index (χ0n) is 11.5. The number of benzene rings is 2. The van der Waals surface area contributed by atoms with Crippen LogP contribution in [-0.2, 0) is 11.3 Å². The fourth-order valence-corrected chi connectivity index (χ4v) is 2.27. The zero-order chi connectivity index (χ0) is 14.7. The Balaban J connectivity index is 1.72. The summed E-state index contributed by atoms with van der Waals surface area (Å²) >= 11 is 0. The van der Waals surface area contributed by atoms with Crippen LogP contribution in [0.2, 0.25) is 0 Å². The number of cyclic esters (lactones) is 1. The van der Waals surface area contributed by atoms with Crippen LogP contribution in [0.5, 0.6) is 5.75 Å². The predicted octanol–water partition coefficient (Wildman–Crippen LogP) is 2.96. The summed E-state index contributed by atoms with van der Waals surface area (Å²) in [6.45, 7) is 1.51. The topological polar surface area (TPSA) is 61.8 Å². The van der Waals surface area contributed by atoms with E-state index in [1.165, 1.54) is 0 Å². The quantitative estimate of drug-likeness (QED) is 0.906. The van der Waals surface area contributed by atoms with Crippen LogP contribution in [0.4, 0.5) is 16.2 Å². The summed E-state index contributed by atoms with van der Waals surface area (Å²) in [6.07, 6.45) is -0.312. The summed E-state index contributed by atoms with van der Waals surface area (Å²) < 4.78 is 4.94. The third-order valence-electron chi connectivity index (χ3n) is 3.39. The second kappa shape index (κ2) is 5.75. The number of nitrogens with zero attached hydrogens (tertiary/aromatic N) is 1. The van der Waals surface area contributed by atoms with Crippen molar-refractivity contribution < 1.29 is 14.6 Å². The van der Waals surface area contributed by atoms with Crippen molar-refractivity contribution in [2.45, 2.75) is 6.54 Å². The molecule has 5 heteroatoms. The van der Waals surface area contributed by atoms with Crippen molar-refractivity contribution in [2.24, 2.45) is 0 Å². The normalized spacial score (nSPS) is 14.1. The number of rotatable bonds is 4. The molecule has 0 aliphatic carbocycles. The highest BCUT2D eigenvalue weighted by Gasteiger charge is 2.23. The summed E-state index contributed by atoms with van der Waals surface area (Å²) in [5, 5.41) is 13.0. The van der Waals surface area contributed by atoms with Crippen LogP contribution < -0.4 is 10.2 Å². The van der Waals surface area contributed by atoms with Crippen molar-refractivity contribution in [1.82, 2.24) is 0 Å². The van der Waals surface area contributed by atoms with Crippen molar-refractivity contribution in [3.63, 3.8) is 0 Å². The molecule has 3 rings (SSSR count). The smallest absolute Gasteiger partial charge is 0.414 e. The van der Waals surface area contributed by atoms with E-state index in [4.69, 9.17) is 4.74 Å². The summed E-state index contributed by atoms with van der Waals surface area (Å²) in [6, 6.07) is 14.8. The predicted molar refractivity (Wildman–Crippen MR) is 80.6 cm³/mol. The lowest BCUT2D eigenvalue weighted by Gasteiger charge is -2.15. The Morgan fingerprint density at radius 2 is 2.05 bits per heavy atom. The average Bonchev–Trinajstić information content (AvgIpc) is 2.93. The van der Waals surface area contributed by atoms with Crippen molar-refractivity contribution in [2.75, 3.05) is 23.4 Å². The molecule has 0 aromatic heterocycles. The summed E-state index contributed by atoms with van der Waals surface area (Å²) in [4.78, 5) is 13.2. The Bertz CT molecular complexity index is 657. The van der Waals surface area contributed by atoms with Gasteiger partial charge in [-0.2, -0.15) is 0 Å². The highest BCUT2D eigenvalue weighted by atomic mass is 16.6. The Kier molecular flexibility index (Phi) is 3.64. The maximum absolute atomic E-state index is 11.6. The van der Waals surface area contributed by atoms with Gasteiger partial charge in [-0.25, -0.2) is 4.79 Å². The molecule has 0 saturated carbocycles. The van der Waals surface area contributed by atoms with Gasteiger partial charge in [0.2, 0.25) is 0 Å². The first-order valence-corrected chi connectivity index (χ1v) is 6.79. The van der Waals surface area contributed by atoms with Gasteiger partial charge in [-0.3, -0.25) is 4.90 Å². The van der Waals surface area contributed by atoms with Gasteiger partial charge < -0.3 is 15.2 Å². The molecule has 1 aliphatic heterocycles. The van der Waals surface area contributed by atoms with Crippen molar-refractivity contribution >= 4 is 17.5 Å². The molecular weight excluding hydrogens is 268 g/mol. The van der Waals surface area contributed by atoms with Crippen molar-refractivity contribution in [3.8, 4) is 5.75 Å². The number of carbonyl (C=O) groups is 1. The fraction of sp³-hybridized carbons (Fsp3) is 0.188. The largest absolute Gasteiger partial charge is 0.508 e. The van der Waals surface area contributed by atoms with Crippen molar-refractivity contribution in [3.05, 3.63) is 54.1 Å². The summed E-state index contributed by atoms with van der Waals surface area (Å²) in [7, 11) is 0. The van der Waals surface area contributed by atoms with Crippen LogP contribution in [-0.4, -0.2) is 24.4 Å². The molecule has 21 heavy (non-hydrogen) atoms. The van der Waals surface area contributed by atoms with Crippen LogP contribution in [0.1, 0.15) is 5.56 Å². The van der Waals surface area contributed by atoms with E-state index in [0.717, 1.165) is 16.9 Å². The van der Waals surface area contributed by atoms with E-state index in [1.54, 1.807) is 17.0 Å². The molecule has 0 spiro atoms. The molecule has 108 valence electrons. The number of nitrogens with one attached hydrogen (secondary N) is 1. The molecule has 1 fully saturated rings. The van der Waals surface area contributed by atoms with Gasteiger partial charge in [-0.15, -0.1) is 0 Å². The monoisotopic (exact) mass is 284 g/mol. The number of hydrogen-bond donors (Lipinski definition) is 2. The molecule has 5 nitrogen and oxygen atoms in total. The first-order chi connectivity index (χ1) is 10.2. The second-order valence-electron chi connectivity index (χ2n) is 4.80. The standard InChI is InChI=1S/C16H16N2O3/c19-15-7-2-1-4-12(15)11-17-13-5-3-6-14(10-13)18-8-9-21-16(18)20/h1-7,10,17,19H,8-9,11H2. The molecule has 0 bridgehead atoms. The Hall–Kier alpha value is -2.69. The van der Waals surface area contributed by atoms with E-state index < -0.39 is 0 Å². The molecule has 0 atom stereocenters. The highest BCUT2D eigenvalue weighted by Crippen LogP contribution is 2.23. The number of anilines is 2. The Morgan fingerprint density at radius 3 is 2.81 bits per heavy atom. The van der Waals surface area contributed by atoms with E-state index in [2.05, 4.69) is 5.32 Å². The fourth-order valence-electron chi connectivity index (χ4n) is 2.27. The van der Waals surface area contributed by atoms with Gasteiger partial charge in [0.05, 0.1) is 6.54 Å². The third-order valence-corrected chi connectivity index (χ3v) is 3.39. The van der Waals surface area contributed by atoms with Gasteiger partial charge in [0.15, 0.2) is 0 Å². The lowest BCUT2D eigenvalue weighted by Crippen LogP contribution is -2.23. The molecular formula is C16H16N2O3. The minimum Gasteiger partial charge on any atom is -0.508 e. The molecule has 2 aromatic carbocycles. The zero-order valence-corrected chi connectivity index (χ0v) is 11.5. The molecule has 0 unspecified atom stereocenters. The molecule has 2 N–H and O–H groups in total. The van der Waals surface area contributed by atoms with E-state index >= 15 is 0 Å². The number of phenols is 1. The highest BCUT2D eigenvalue weighted by molar-refractivity contribution is 5.89. The second-order valence-corrected chi connectivity index (χ2v) is 4.80. The molecule has 2 aromatic rings. The van der Waals surface area contributed by atoms with Crippen molar-refractivity contribution in [1.29, 1.82) is 0 Å². The van der Waals surface area contributed by atoms with Gasteiger partial charge in [0.25, 0.3) is 0 Å². The van der Waals surface area contributed by atoms with Crippen LogP contribution in [0, 0.1) is 0 Å². The third kappa shape index (κ3) is 2.91. The Labute approximate surface area is 122 Å². The van der Waals surface area contributed by atoms with Gasteiger partial charge in [0, 0.05) is 23.5 Å². The SMILES string of the molecule is O=C1OCCN1c1cccc(NCc2ccccc2O)c1. The maximum atomic E-state index is 11.6. The Morgan fingerprint density at radius 1 is 1.19 bits per heavy atom. The molecule has 1 amide bonds. The lowest BCUT2D eigenvalue weighted by molar-refractivity contribution is 0.181. The van der Waals surface area contributed by atoms with E-state index in [-0.39, 0.29) is 11.8 Å². The van der Waals surface area contributed by atoms with Gasteiger partial charge in [0.1, 0.15) is 12.4 Å². The molecule has 1 heterocycles. The van der Waals surface area contributed by atoms with Gasteiger partial charge in [-0.1, -0.05) is 24.3 Å². The van der Waals surface area contributed by atoms with Crippen LogP contribution in [0.3, 0.4) is 0 Å². The molecule has 1 aliphatic rings. The number of hydrogen-bond acceptors (Lipinski definition) is 4. The number of ether oxygens (including phenoxy) is 1. The number of para-hydroxylation sites is 1. The number of amides is 1. The number of aromatic hydroxyl groups is 1. The maximum Gasteiger partial charge on any atom is 0.414 e. The van der Waals surface area contributed by atoms with E-state index in [9.17, 15) is 9.90 Å². The minimum absolute atomic E-state index is 0.268. The molecule has 1 saturated heterocycles. The van der Waals surface area contributed by atoms with Crippen LogP contribution in [0.25, 0.3) is 0 Å². The average molecular weight is 284 g/mol.